The number of carbonyl (C=O) groups is 1. The van der Waals surface area contributed by atoms with Crippen molar-refractivity contribution in [3.63, 3.8) is 0 Å². The van der Waals surface area contributed by atoms with Gasteiger partial charge < -0.3 is 5.32 Å². The van der Waals surface area contributed by atoms with Gasteiger partial charge in [-0.2, -0.15) is 0 Å². The summed E-state index contributed by atoms with van der Waals surface area (Å²) in [5.41, 5.74) is 1.09. The van der Waals surface area contributed by atoms with Crippen LogP contribution in [0.5, 0.6) is 0 Å². The van der Waals surface area contributed by atoms with E-state index in [1.165, 1.54) is 12.3 Å². The fourth-order valence-electron chi connectivity index (χ4n) is 1.51. The van der Waals surface area contributed by atoms with Crippen molar-refractivity contribution >= 4 is 27.5 Å². The van der Waals surface area contributed by atoms with Crippen molar-refractivity contribution in [3.8, 4) is 0 Å². The number of amides is 1. The molecule has 6 heteroatoms. The lowest BCUT2D eigenvalue weighted by atomic mass is 10.2. The molecule has 0 unspecified atom stereocenters. The van der Waals surface area contributed by atoms with E-state index >= 15 is 0 Å². The number of halogens is 3. The Balaban J connectivity index is 2.27. The molecular weight excluding hydrogens is 318 g/mol. The molecule has 2 rings (SSSR count). The second-order valence-corrected chi connectivity index (χ2v) is 4.78. The van der Waals surface area contributed by atoms with E-state index in [2.05, 4.69) is 26.2 Å². The molecule has 0 bridgehead atoms. The summed E-state index contributed by atoms with van der Waals surface area (Å²) >= 11 is 3.05. The molecule has 0 aliphatic carbocycles. The van der Waals surface area contributed by atoms with Crippen molar-refractivity contribution in [1.82, 2.24) is 4.98 Å². The van der Waals surface area contributed by atoms with Gasteiger partial charge in [-0.15, -0.1) is 0 Å². The molecule has 0 radical (unpaired) electrons. The molecule has 3 nitrogen and oxygen atoms in total. The summed E-state index contributed by atoms with van der Waals surface area (Å²) in [6, 6.07) is 3.81. The maximum atomic E-state index is 13.4. The van der Waals surface area contributed by atoms with Gasteiger partial charge in [0.25, 0.3) is 5.91 Å². The first-order valence-corrected chi connectivity index (χ1v) is 6.14. The predicted octanol–water partition coefficient (Wildman–Crippen LogP) is 3.68. The van der Waals surface area contributed by atoms with E-state index in [1.807, 2.05) is 0 Å². The van der Waals surface area contributed by atoms with E-state index in [1.54, 1.807) is 13.0 Å². The van der Waals surface area contributed by atoms with Gasteiger partial charge in [0.2, 0.25) is 0 Å². The molecule has 0 saturated heterocycles. The summed E-state index contributed by atoms with van der Waals surface area (Å²) in [6.45, 7) is 1.73. The maximum absolute atomic E-state index is 13.4. The maximum Gasteiger partial charge on any atom is 0.257 e. The zero-order chi connectivity index (χ0) is 14.0. The summed E-state index contributed by atoms with van der Waals surface area (Å²) in [7, 11) is 0. The molecule has 1 aromatic carbocycles. The lowest BCUT2D eigenvalue weighted by Gasteiger charge is -2.09. The van der Waals surface area contributed by atoms with Crippen LogP contribution in [-0.2, 0) is 0 Å². The van der Waals surface area contributed by atoms with Crippen LogP contribution in [0.2, 0.25) is 0 Å². The standard InChI is InChI=1S/C13H9BrF2N2O/c1-7-2-10(14)11(16)4-12(7)18-13(19)8-3-9(15)6-17-5-8/h2-6H,1H3,(H,18,19). The van der Waals surface area contributed by atoms with E-state index in [-0.39, 0.29) is 5.56 Å². The molecule has 0 atom stereocenters. The number of hydrogen-bond donors (Lipinski definition) is 1. The topological polar surface area (TPSA) is 42.0 Å². The molecule has 2 aromatic rings. The van der Waals surface area contributed by atoms with Crippen LogP contribution in [0.15, 0.2) is 35.1 Å². The van der Waals surface area contributed by atoms with Gasteiger partial charge in [0.05, 0.1) is 16.2 Å². The third-order valence-electron chi connectivity index (χ3n) is 2.48. The zero-order valence-electron chi connectivity index (χ0n) is 9.88. The lowest BCUT2D eigenvalue weighted by molar-refractivity contribution is 0.102. The number of pyridine rings is 1. The van der Waals surface area contributed by atoms with Crippen LogP contribution in [0, 0.1) is 18.6 Å². The average molecular weight is 327 g/mol. The molecule has 19 heavy (non-hydrogen) atoms. The van der Waals surface area contributed by atoms with Crippen molar-refractivity contribution in [1.29, 1.82) is 0 Å². The van der Waals surface area contributed by atoms with Crippen molar-refractivity contribution < 1.29 is 13.6 Å². The minimum atomic E-state index is -0.605. The number of aryl methyl sites for hydroxylation is 1. The molecule has 0 fully saturated rings. The largest absolute Gasteiger partial charge is 0.322 e. The predicted molar refractivity (Wildman–Crippen MR) is 71.0 cm³/mol. The zero-order valence-corrected chi connectivity index (χ0v) is 11.5. The molecule has 1 aromatic heterocycles. The monoisotopic (exact) mass is 326 g/mol. The highest BCUT2D eigenvalue weighted by Gasteiger charge is 2.11. The molecule has 0 aliphatic heterocycles. The fourth-order valence-corrected chi connectivity index (χ4v) is 1.97. The van der Waals surface area contributed by atoms with Gasteiger partial charge in [0.1, 0.15) is 11.6 Å². The Morgan fingerprint density at radius 2 is 2.00 bits per heavy atom. The first kappa shape index (κ1) is 13.6. The van der Waals surface area contributed by atoms with Gasteiger partial charge in [-0.3, -0.25) is 9.78 Å². The summed E-state index contributed by atoms with van der Waals surface area (Å²) < 4.78 is 26.7. The number of anilines is 1. The normalized spacial score (nSPS) is 10.3. The highest BCUT2D eigenvalue weighted by Crippen LogP contribution is 2.24. The van der Waals surface area contributed by atoms with Gasteiger partial charge in [0.15, 0.2) is 0 Å². The highest BCUT2D eigenvalue weighted by molar-refractivity contribution is 9.10. The SMILES string of the molecule is Cc1cc(Br)c(F)cc1NC(=O)c1cncc(F)c1. The molecule has 0 aliphatic rings. The summed E-state index contributed by atoms with van der Waals surface area (Å²) in [4.78, 5) is 15.4. The third kappa shape index (κ3) is 3.14. The van der Waals surface area contributed by atoms with Crippen molar-refractivity contribution in [3.05, 3.63) is 57.8 Å². The fraction of sp³-hybridized carbons (Fsp3) is 0.0769. The number of rotatable bonds is 2. The van der Waals surface area contributed by atoms with Crippen LogP contribution in [0.3, 0.4) is 0 Å². The van der Waals surface area contributed by atoms with Gasteiger partial charge >= 0.3 is 0 Å². The molecular formula is C13H9BrF2N2O. The first-order valence-electron chi connectivity index (χ1n) is 5.35. The van der Waals surface area contributed by atoms with Crippen LogP contribution in [0.1, 0.15) is 15.9 Å². The van der Waals surface area contributed by atoms with Gasteiger partial charge in [-0.1, -0.05) is 0 Å². The van der Waals surface area contributed by atoms with Gasteiger partial charge in [0, 0.05) is 11.9 Å². The number of benzene rings is 1. The van der Waals surface area contributed by atoms with E-state index in [4.69, 9.17) is 0 Å². The van der Waals surface area contributed by atoms with Crippen LogP contribution in [-0.4, -0.2) is 10.9 Å². The molecule has 1 amide bonds. The smallest absolute Gasteiger partial charge is 0.257 e. The Morgan fingerprint density at radius 1 is 1.26 bits per heavy atom. The van der Waals surface area contributed by atoms with Crippen molar-refractivity contribution in [2.24, 2.45) is 0 Å². The van der Waals surface area contributed by atoms with Crippen LogP contribution in [0.25, 0.3) is 0 Å². The van der Waals surface area contributed by atoms with E-state index in [0.29, 0.717) is 15.7 Å². The number of hydrogen-bond acceptors (Lipinski definition) is 2. The molecule has 0 spiro atoms. The Labute approximate surface area is 116 Å². The molecule has 98 valence electrons. The van der Waals surface area contributed by atoms with Crippen molar-refractivity contribution in [2.45, 2.75) is 6.92 Å². The van der Waals surface area contributed by atoms with Gasteiger partial charge in [-0.05, 0) is 46.6 Å². The summed E-state index contributed by atoms with van der Waals surface area (Å²) in [5, 5.41) is 2.52. The molecule has 1 heterocycles. The van der Waals surface area contributed by atoms with Crippen molar-refractivity contribution in [2.75, 3.05) is 5.32 Å². The quantitative estimate of drug-likeness (QED) is 0.914. The average Bonchev–Trinajstić information content (AvgIpc) is 2.36. The van der Waals surface area contributed by atoms with Crippen LogP contribution >= 0.6 is 15.9 Å². The minimum Gasteiger partial charge on any atom is -0.322 e. The first-order chi connectivity index (χ1) is 8.97. The molecule has 1 N–H and O–H groups in total. The Kier molecular flexibility index (Phi) is 3.90. The number of carbonyl (C=O) groups excluding carboxylic acids is 1. The Morgan fingerprint density at radius 3 is 2.68 bits per heavy atom. The van der Waals surface area contributed by atoms with Gasteiger partial charge in [-0.25, -0.2) is 8.78 Å². The van der Waals surface area contributed by atoms with E-state index in [0.717, 1.165) is 12.3 Å². The highest BCUT2D eigenvalue weighted by atomic mass is 79.9. The number of aromatic nitrogens is 1. The Bertz CT molecular complexity index is 647. The Hall–Kier alpha value is -1.82. The second-order valence-electron chi connectivity index (χ2n) is 3.93. The third-order valence-corrected chi connectivity index (χ3v) is 3.09. The van der Waals surface area contributed by atoms with E-state index in [9.17, 15) is 13.6 Å². The van der Waals surface area contributed by atoms with Crippen LogP contribution < -0.4 is 5.32 Å². The second kappa shape index (κ2) is 5.44. The minimum absolute atomic E-state index is 0.0720. The molecule has 0 saturated carbocycles. The lowest BCUT2D eigenvalue weighted by Crippen LogP contribution is -2.13. The van der Waals surface area contributed by atoms with Crippen LogP contribution in [0.4, 0.5) is 14.5 Å². The summed E-state index contributed by atoms with van der Waals surface area (Å²) in [6.07, 6.45) is 2.24. The van der Waals surface area contributed by atoms with E-state index < -0.39 is 17.5 Å². The number of nitrogens with one attached hydrogen (secondary N) is 1. The summed E-state index contributed by atoms with van der Waals surface area (Å²) in [5.74, 6) is -1.64. The number of nitrogens with zero attached hydrogens (tertiary/aromatic N) is 1.